The van der Waals surface area contributed by atoms with E-state index in [4.69, 9.17) is 5.11 Å². The molecule has 6 heteroatoms. The third-order valence-corrected chi connectivity index (χ3v) is 1.63. The average Bonchev–Trinajstić information content (AvgIpc) is 2.10. The molecule has 0 aromatic carbocycles. The fraction of sp³-hybridized carbons (Fsp3) is 0.750. The third-order valence-electron chi connectivity index (χ3n) is 1.63. The van der Waals surface area contributed by atoms with Gasteiger partial charge >= 0.3 is 5.97 Å². The molecular weight excluding hydrogens is 188 g/mol. The van der Waals surface area contributed by atoms with Crippen LogP contribution in [0.3, 0.4) is 0 Å². The first-order chi connectivity index (χ1) is 6.49. The van der Waals surface area contributed by atoms with Crippen molar-refractivity contribution in [1.82, 2.24) is 10.2 Å². The largest absolute Gasteiger partial charge is 0.480 e. The van der Waals surface area contributed by atoms with Crippen LogP contribution in [0, 0.1) is 0 Å². The van der Waals surface area contributed by atoms with Gasteiger partial charge in [0.1, 0.15) is 6.04 Å². The first kappa shape index (κ1) is 12.9. The minimum atomic E-state index is -1.03. The number of carboxylic acids is 1. The number of hydrogen-bond acceptors (Lipinski definition) is 4. The quantitative estimate of drug-likeness (QED) is 0.566. The van der Waals surface area contributed by atoms with Crippen LogP contribution in [0.2, 0.25) is 0 Å². The Morgan fingerprint density at radius 3 is 2.43 bits per heavy atom. The SMILES string of the molecule is COCC(NCC(=O)N(C)C)C(=O)O. The van der Waals surface area contributed by atoms with Gasteiger partial charge < -0.3 is 14.7 Å². The molecule has 0 spiro atoms. The van der Waals surface area contributed by atoms with Gasteiger partial charge in [-0.25, -0.2) is 0 Å². The van der Waals surface area contributed by atoms with Crippen molar-refractivity contribution in [1.29, 1.82) is 0 Å². The molecule has 0 aliphatic heterocycles. The lowest BCUT2D eigenvalue weighted by Crippen LogP contribution is -2.45. The second-order valence-electron chi connectivity index (χ2n) is 3.02. The first-order valence-corrected chi connectivity index (χ1v) is 4.14. The molecule has 0 radical (unpaired) electrons. The number of rotatable bonds is 6. The zero-order chi connectivity index (χ0) is 11.1. The molecule has 14 heavy (non-hydrogen) atoms. The second kappa shape index (κ2) is 6.33. The standard InChI is InChI=1S/C8H16N2O4/c1-10(2)7(11)4-9-6(5-14-3)8(12)13/h6,9H,4-5H2,1-3H3,(H,12,13). The van der Waals surface area contributed by atoms with Crippen LogP contribution in [0.4, 0.5) is 0 Å². The highest BCUT2D eigenvalue weighted by Crippen LogP contribution is 1.86. The van der Waals surface area contributed by atoms with E-state index < -0.39 is 12.0 Å². The monoisotopic (exact) mass is 204 g/mol. The van der Waals surface area contributed by atoms with Crippen LogP contribution < -0.4 is 5.32 Å². The molecule has 0 bridgehead atoms. The smallest absolute Gasteiger partial charge is 0.323 e. The van der Waals surface area contributed by atoms with E-state index in [0.29, 0.717) is 0 Å². The lowest BCUT2D eigenvalue weighted by Gasteiger charge is -2.15. The Hall–Kier alpha value is -1.14. The van der Waals surface area contributed by atoms with Gasteiger partial charge in [0, 0.05) is 21.2 Å². The van der Waals surface area contributed by atoms with E-state index in [-0.39, 0.29) is 19.1 Å². The van der Waals surface area contributed by atoms with Crippen LogP contribution >= 0.6 is 0 Å². The van der Waals surface area contributed by atoms with Gasteiger partial charge in [0.05, 0.1) is 13.2 Å². The number of amides is 1. The van der Waals surface area contributed by atoms with Crippen molar-refractivity contribution in [3.05, 3.63) is 0 Å². The number of hydrogen-bond donors (Lipinski definition) is 2. The Morgan fingerprint density at radius 1 is 1.50 bits per heavy atom. The summed E-state index contributed by atoms with van der Waals surface area (Å²) in [6, 6.07) is -0.844. The summed E-state index contributed by atoms with van der Waals surface area (Å²) in [7, 11) is 4.62. The summed E-state index contributed by atoms with van der Waals surface area (Å²) in [5.74, 6) is -1.20. The third kappa shape index (κ3) is 4.78. The maximum atomic E-state index is 11.1. The first-order valence-electron chi connectivity index (χ1n) is 4.14. The molecular formula is C8H16N2O4. The Morgan fingerprint density at radius 2 is 2.07 bits per heavy atom. The highest BCUT2D eigenvalue weighted by Gasteiger charge is 2.17. The van der Waals surface area contributed by atoms with E-state index in [9.17, 15) is 9.59 Å². The van der Waals surface area contributed by atoms with E-state index in [1.807, 2.05) is 0 Å². The summed E-state index contributed by atoms with van der Waals surface area (Å²) in [5, 5.41) is 11.3. The predicted molar refractivity (Wildman–Crippen MR) is 50.0 cm³/mol. The molecule has 0 aliphatic rings. The zero-order valence-corrected chi connectivity index (χ0v) is 8.61. The predicted octanol–water partition coefficient (Wildman–Crippen LogP) is -1.24. The van der Waals surface area contributed by atoms with E-state index in [2.05, 4.69) is 10.1 Å². The number of carbonyl (C=O) groups is 2. The molecule has 1 atom stereocenters. The molecule has 82 valence electrons. The van der Waals surface area contributed by atoms with Gasteiger partial charge in [-0.1, -0.05) is 0 Å². The summed E-state index contributed by atoms with van der Waals surface area (Å²) < 4.78 is 4.69. The molecule has 0 aromatic rings. The van der Waals surface area contributed by atoms with Crippen molar-refractivity contribution in [3.63, 3.8) is 0 Å². The van der Waals surface area contributed by atoms with Crippen molar-refractivity contribution < 1.29 is 19.4 Å². The van der Waals surface area contributed by atoms with Gasteiger partial charge in [-0.05, 0) is 0 Å². The minimum Gasteiger partial charge on any atom is -0.480 e. The van der Waals surface area contributed by atoms with E-state index in [1.54, 1.807) is 14.1 Å². The normalized spacial score (nSPS) is 12.2. The number of carbonyl (C=O) groups excluding carboxylic acids is 1. The number of nitrogens with one attached hydrogen (secondary N) is 1. The van der Waals surface area contributed by atoms with Crippen molar-refractivity contribution in [3.8, 4) is 0 Å². The van der Waals surface area contributed by atoms with Crippen LogP contribution in [0.5, 0.6) is 0 Å². The van der Waals surface area contributed by atoms with Gasteiger partial charge in [-0.2, -0.15) is 0 Å². The Kier molecular flexibility index (Phi) is 5.82. The van der Waals surface area contributed by atoms with Crippen molar-refractivity contribution in [2.45, 2.75) is 6.04 Å². The summed E-state index contributed by atoms with van der Waals surface area (Å²) in [5.41, 5.74) is 0. The lowest BCUT2D eigenvalue weighted by molar-refractivity contribution is -0.141. The van der Waals surface area contributed by atoms with Crippen LogP contribution in [0.25, 0.3) is 0 Å². The van der Waals surface area contributed by atoms with Gasteiger partial charge in [0.15, 0.2) is 0 Å². The fourth-order valence-electron chi connectivity index (χ4n) is 0.753. The summed E-state index contributed by atoms with van der Waals surface area (Å²) in [6.45, 7) is 0.0311. The molecule has 0 fully saturated rings. The Labute approximate surface area is 82.8 Å². The van der Waals surface area contributed by atoms with E-state index >= 15 is 0 Å². The van der Waals surface area contributed by atoms with Crippen molar-refractivity contribution >= 4 is 11.9 Å². The molecule has 0 saturated carbocycles. The van der Waals surface area contributed by atoms with Gasteiger partial charge in [-0.3, -0.25) is 14.9 Å². The zero-order valence-electron chi connectivity index (χ0n) is 8.61. The molecule has 0 rings (SSSR count). The molecule has 1 amide bonds. The summed E-state index contributed by atoms with van der Waals surface area (Å²) in [4.78, 5) is 23.1. The van der Waals surface area contributed by atoms with Crippen molar-refractivity contribution in [2.75, 3.05) is 34.4 Å². The van der Waals surface area contributed by atoms with Crippen molar-refractivity contribution in [2.24, 2.45) is 0 Å². The van der Waals surface area contributed by atoms with Crippen LogP contribution in [0.1, 0.15) is 0 Å². The molecule has 1 unspecified atom stereocenters. The lowest BCUT2D eigenvalue weighted by atomic mass is 10.3. The highest BCUT2D eigenvalue weighted by atomic mass is 16.5. The van der Waals surface area contributed by atoms with E-state index in [1.165, 1.54) is 12.0 Å². The van der Waals surface area contributed by atoms with Crippen LogP contribution in [-0.4, -0.2) is 62.3 Å². The number of aliphatic carboxylic acids is 1. The number of likely N-dealkylation sites (N-methyl/N-ethyl adjacent to an activating group) is 1. The van der Waals surface area contributed by atoms with Gasteiger partial charge in [0.2, 0.25) is 5.91 Å². The maximum Gasteiger partial charge on any atom is 0.323 e. The van der Waals surface area contributed by atoms with Crippen LogP contribution in [-0.2, 0) is 14.3 Å². The second-order valence-corrected chi connectivity index (χ2v) is 3.02. The number of ether oxygens (including phenoxy) is 1. The molecule has 0 heterocycles. The topological polar surface area (TPSA) is 78.9 Å². The number of nitrogens with zero attached hydrogens (tertiary/aromatic N) is 1. The molecule has 0 aromatic heterocycles. The Bertz CT molecular complexity index is 206. The molecule has 6 nitrogen and oxygen atoms in total. The highest BCUT2D eigenvalue weighted by molar-refractivity contribution is 5.79. The maximum absolute atomic E-state index is 11.1. The van der Waals surface area contributed by atoms with E-state index in [0.717, 1.165) is 0 Å². The summed E-state index contributed by atoms with van der Waals surface area (Å²) in [6.07, 6.45) is 0. The molecule has 0 saturated heterocycles. The van der Waals surface area contributed by atoms with Crippen LogP contribution in [0.15, 0.2) is 0 Å². The van der Waals surface area contributed by atoms with Gasteiger partial charge in [0.25, 0.3) is 0 Å². The number of carboxylic acid groups (broad SMARTS) is 1. The fourth-order valence-corrected chi connectivity index (χ4v) is 0.753. The number of methoxy groups -OCH3 is 1. The molecule has 0 aliphatic carbocycles. The Balaban J connectivity index is 3.93. The minimum absolute atomic E-state index is 0.00662. The summed E-state index contributed by atoms with van der Waals surface area (Å²) >= 11 is 0. The van der Waals surface area contributed by atoms with Gasteiger partial charge in [-0.15, -0.1) is 0 Å². The average molecular weight is 204 g/mol. The molecule has 2 N–H and O–H groups in total.